The highest BCUT2D eigenvalue weighted by molar-refractivity contribution is 7.10. The van der Waals surface area contributed by atoms with Crippen molar-refractivity contribution in [2.45, 2.75) is 32.2 Å². The van der Waals surface area contributed by atoms with Gasteiger partial charge < -0.3 is 15.8 Å². The molecule has 0 aliphatic heterocycles. The van der Waals surface area contributed by atoms with E-state index in [1.54, 1.807) is 29.5 Å². The van der Waals surface area contributed by atoms with Crippen LogP contribution in [0.15, 0.2) is 72.1 Å². The van der Waals surface area contributed by atoms with Crippen LogP contribution in [-0.2, 0) is 9.59 Å². The molecule has 0 bridgehead atoms. The highest BCUT2D eigenvalue weighted by Crippen LogP contribution is 2.28. The molecule has 2 atom stereocenters. The van der Waals surface area contributed by atoms with Crippen LogP contribution in [0.5, 0.6) is 5.75 Å². The van der Waals surface area contributed by atoms with Crippen molar-refractivity contribution in [2.75, 3.05) is 6.61 Å². The standard InChI is InChI=1S/C26H28N2O3S/c1-3-18(2)20-9-11-21(12-10-20)26(23-5-4-16-32-23)28-25(30)15-8-19-6-13-22(14-7-19)31-17-24(27)29/h4-16,18,26H,3,17H2,1-2H3,(H2,27,29)(H,28,30)/b15-8+. The molecule has 0 aliphatic carbocycles. The molecule has 1 aromatic heterocycles. The molecule has 0 saturated heterocycles. The van der Waals surface area contributed by atoms with E-state index in [-0.39, 0.29) is 18.6 Å². The summed E-state index contributed by atoms with van der Waals surface area (Å²) in [6.07, 6.45) is 4.35. The van der Waals surface area contributed by atoms with Crippen LogP contribution in [0.1, 0.15) is 53.8 Å². The number of primary amides is 1. The molecule has 2 aromatic carbocycles. The third-order valence-electron chi connectivity index (χ3n) is 5.25. The van der Waals surface area contributed by atoms with Crippen LogP contribution in [-0.4, -0.2) is 18.4 Å². The summed E-state index contributed by atoms with van der Waals surface area (Å²) in [4.78, 5) is 24.6. The summed E-state index contributed by atoms with van der Waals surface area (Å²) in [5, 5.41) is 5.13. The number of nitrogens with one attached hydrogen (secondary N) is 1. The first-order valence-electron chi connectivity index (χ1n) is 10.6. The minimum atomic E-state index is -0.527. The van der Waals surface area contributed by atoms with Gasteiger partial charge in [-0.2, -0.15) is 0 Å². The predicted molar refractivity (Wildman–Crippen MR) is 130 cm³/mol. The molecule has 2 unspecified atom stereocenters. The van der Waals surface area contributed by atoms with Crippen molar-refractivity contribution in [2.24, 2.45) is 5.73 Å². The average molecular weight is 449 g/mol. The normalized spacial score (nSPS) is 12.9. The molecule has 32 heavy (non-hydrogen) atoms. The van der Waals surface area contributed by atoms with E-state index in [9.17, 15) is 9.59 Å². The highest BCUT2D eigenvalue weighted by atomic mass is 32.1. The Bertz CT molecular complexity index is 1040. The number of rotatable bonds is 10. The lowest BCUT2D eigenvalue weighted by Gasteiger charge is -2.18. The zero-order chi connectivity index (χ0) is 22.9. The van der Waals surface area contributed by atoms with Crippen molar-refractivity contribution in [3.63, 3.8) is 0 Å². The van der Waals surface area contributed by atoms with Crippen molar-refractivity contribution in [1.29, 1.82) is 0 Å². The van der Waals surface area contributed by atoms with Gasteiger partial charge in [0, 0.05) is 11.0 Å². The Balaban J connectivity index is 1.69. The summed E-state index contributed by atoms with van der Waals surface area (Å²) < 4.78 is 5.24. The van der Waals surface area contributed by atoms with Gasteiger partial charge in [0.05, 0.1) is 6.04 Å². The highest BCUT2D eigenvalue weighted by Gasteiger charge is 2.17. The summed E-state index contributed by atoms with van der Waals surface area (Å²) in [6, 6.07) is 19.4. The average Bonchev–Trinajstić information content (AvgIpc) is 3.35. The molecule has 3 aromatic rings. The van der Waals surface area contributed by atoms with Crippen LogP contribution >= 0.6 is 11.3 Å². The van der Waals surface area contributed by atoms with E-state index < -0.39 is 5.91 Å². The number of hydrogen-bond donors (Lipinski definition) is 2. The Morgan fingerprint density at radius 2 is 1.75 bits per heavy atom. The van der Waals surface area contributed by atoms with Crippen LogP contribution in [0.4, 0.5) is 0 Å². The number of benzene rings is 2. The minimum Gasteiger partial charge on any atom is -0.484 e. The Morgan fingerprint density at radius 3 is 2.34 bits per heavy atom. The lowest BCUT2D eigenvalue weighted by molar-refractivity contribution is -0.120. The monoisotopic (exact) mass is 448 g/mol. The number of carbonyl (C=O) groups excluding carboxylic acids is 2. The maximum atomic E-state index is 12.7. The summed E-state index contributed by atoms with van der Waals surface area (Å²) >= 11 is 1.62. The first-order valence-corrected chi connectivity index (χ1v) is 11.5. The van der Waals surface area contributed by atoms with Crippen molar-refractivity contribution in [1.82, 2.24) is 5.32 Å². The van der Waals surface area contributed by atoms with Crippen LogP contribution in [0.25, 0.3) is 6.08 Å². The second kappa shape index (κ2) is 11.3. The molecule has 0 fully saturated rings. The van der Waals surface area contributed by atoms with Gasteiger partial charge in [0.1, 0.15) is 5.75 Å². The molecule has 1 heterocycles. The minimum absolute atomic E-state index is 0.167. The van der Waals surface area contributed by atoms with Crippen LogP contribution in [0.3, 0.4) is 0 Å². The first-order chi connectivity index (χ1) is 15.5. The van der Waals surface area contributed by atoms with E-state index in [0.717, 1.165) is 22.4 Å². The largest absolute Gasteiger partial charge is 0.484 e. The zero-order valence-electron chi connectivity index (χ0n) is 18.3. The predicted octanol–water partition coefficient (Wildman–Crippen LogP) is 5.04. The van der Waals surface area contributed by atoms with E-state index in [1.165, 1.54) is 11.6 Å². The fourth-order valence-electron chi connectivity index (χ4n) is 3.22. The lowest BCUT2D eigenvalue weighted by atomic mass is 9.95. The van der Waals surface area contributed by atoms with E-state index in [2.05, 4.69) is 43.4 Å². The van der Waals surface area contributed by atoms with Crippen molar-refractivity contribution < 1.29 is 14.3 Å². The van der Waals surface area contributed by atoms with E-state index in [4.69, 9.17) is 10.5 Å². The van der Waals surface area contributed by atoms with Crippen LogP contribution in [0, 0.1) is 0 Å². The Labute approximate surface area is 192 Å². The zero-order valence-corrected chi connectivity index (χ0v) is 19.1. The van der Waals surface area contributed by atoms with Gasteiger partial charge in [0.15, 0.2) is 6.61 Å². The quantitative estimate of drug-likeness (QED) is 0.426. The van der Waals surface area contributed by atoms with Gasteiger partial charge in [0.2, 0.25) is 5.91 Å². The van der Waals surface area contributed by atoms with Gasteiger partial charge in [0.25, 0.3) is 5.91 Å². The molecular formula is C26H28N2O3S. The molecule has 0 aliphatic rings. The fourth-order valence-corrected chi connectivity index (χ4v) is 4.02. The molecule has 6 heteroatoms. The SMILES string of the molecule is CCC(C)c1ccc(C(NC(=O)/C=C/c2ccc(OCC(N)=O)cc2)c2cccs2)cc1. The number of carbonyl (C=O) groups is 2. The van der Waals surface area contributed by atoms with Crippen molar-refractivity contribution in [3.8, 4) is 5.75 Å². The third kappa shape index (κ3) is 6.56. The second-order valence-electron chi connectivity index (χ2n) is 7.59. The third-order valence-corrected chi connectivity index (χ3v) is 6.19. The maximum Gasteiger partial charge on any atom is 0.255 e. The Kier molecular flexibility index (Phi) is 8.22. The topological polar surface area (TPSA) is 81.4 Å². The molecule has 5 nitrogen and oxygen atoms in total. The number of ether oxygens (including phenoxy) is 1. The van der Waals surface area contributed by atoms with Gasteiger partial charge >= 0.3 is 0 Å². The number of hydrogen-bond acceptors (Lipinski definition) is 4. The summed E-state index contributed by atoms with van der Waals surface area (Å²) in [6.45, 7) is 4.23. The number of amides is 2. The van der Waals surface area contributed by atoms with E-state index >= 15 is 0 Å². The van der Waals surface area contributed by atoms with Crippen LogP contribution < -0.4 is 15.8 Å². The molecule has 3 N–H and O–H groups in total. The molecule has 0 spiro atoms. The summed E-state index contributed by atoms with van der Waals surface area (Å²) in [5.41, 5.74) is 8.28. The van der Waals surface area contributed by atoms with Gasteiger partial charge in [-0.1, -0.05) is 56.3 Å². The first kappa shape index (κ1) is 23.3. The van der Waals surface area contributed by atoms with Gasteiger partial charge in [-0.05, 0) is 58.7 Å². The summed E-state index contributed by atoms with van der Waals surface area (Å²) in [7, 11) is 0. The van der Waals surface area contributed by atoms with E-state index in [1.807, 2.05) is 29.6 Å². The van der Waals surface area contributed by atoms with Gasteiger partial charge in [-0.25, -0.2) is 0 Å². The van der Waals surface area contributed by atoms with Gasteiger partial charge in [-0.15, -0.1) is 11.3 Å². The van der Waals surface area contributed by atoms with Crippen molar-refractivity contribution in [3.05, 3.63) is 93.7 Å². The molecule has 3 rings (SSSR count). The van der Waals surface area contributed by atoms with E-state index in [0.29, 0.717) is 11.7 Å². The lowest BCUT2D eigenvalue weighted by Crippen LogP contribution is -2.27. The van der Waals surface area contributed by atoms with Crippen LogP contribution in [0.2, 0.25) is 0 Å². The molecule has 0 radical (unpaired) electrons. The smallest absolute Gasteiger partial charge is 0.255 e. The molecular weight excluding hydrogens is 420 g/mol. The van der Waals surface area contributed by atoms with Gasteiger partial charge in [-0.3, -0.25) is 9.59 Å². The molecule has 0 saturated carbocycles. The Morgan fingerprint density at radius 1 is 1.06 bits per heavy atom. The second-order valence-corrected chi connectivity index (χ2v) is 8.57. The molecule has 2 amide bonds. The summed E-state index contributed by atoms with van der Waals surface area (Å²) in [5.74, 6) is 0.349. The fraction of sp³-hybridized carbons (Fsp3) is 0.231. The van der Waals surface area contributed by atoms with Crippen molar-refractivity contribution >= 4 is 29.2 Å². The maximum absolute atomic E-state index is 12.7. The number of nitrogens with two attached hydrogens (primary N) is 1. The molecule has 166 valence electrons. The number of thiophene rings is 1. The Hall–Kier alpha value is -3.38.